The number of hydrogen-bond acceptors (Lipinski definition) is 6. The average molecular weight is 812 g/mol. The predicted molar refractivity (Wildman–Crippen MR) is 187 cm³/mol. The van der Waals surface area contributed by atoms with Gasteiger partial charge in [-0.3, -0.25) is 9.36 Å². The number of methoxy groups -OCH3 is 1. The summed E-state index contributed by atoms with van der Waals surface area (Å²) >= 11 is 5.90. The van der Waals surface area contributed by atoms with Crippen molar-refractivity contribution in [3.05, 3.63) is 140 Å². The molecule has 1 aromatic heterocycles. The van der Waals surface area contributed by atoms with Gasteiger partial charge in [0.25, 0.3) is 5.56 Å². The molecule has 0 fully saturated rings. The third-order valence-corrected chi connectivity index (χ3v) is 9.92. The van der Waals surface area contributed by atoms with Crippen LogP contribution in [0.15, 0.2) is 106 Å². The fraction of sp³-hybridized carbons (Fsp3) is 0.147. The SMILES string of the molecule is CCC1=C(C(=O)OC)[C@H](c2ccccc2)n2c(s/c(=C\c3cc(I)c(OCc4cccc5ccccc45)c(I)c3)c2=O)=N1. The summed E-state index contributed by atoms with van der Waals surface area (Å²) < 4.78 is 15.5. The molecular formula is C34H26I2N2O4S. The molecule has 9 heteroatoms. The zero-order valence-corrected chi connectivity index (χ0v) is 28.5. The molecule has 216 valence electrons. The molecule has 6 nitrogen and oxygen atoms in total. The van der Waals surface area contributed by atoms with Crippen LogP contribution >= 0.6 is 56.5 Å². The number of fused-ring (bicyclic) bond motifs is 2. The van der Waals surface area contributed by atoms with Crippen molar-refractivity contribution in [2.45, 2.75) is 26.0 Å². The van der Waals surface area contributed by atoms with Gasteiger partial charge in [-0.15, -0.1) is 0 Å². The zero-order valence-electron chi connectivity index (χ0n) is 23.3. The van der Waals surface area contributed by atoms with Gasteiger partial charge >= 0.3 is 5.97 Å². The van der Waals surface area contributed by atoms with E-state index < -0.39 is 12.0 Å². The van der Waals surface area contributed by atoms with Crippen molar-refractivity contribution in [2.24, 2.45) is 4.99 Å². The molecule has 2 heterocycles. The highest BCUT2D eigenvalue weighted by molar-refractivity contribution is 14.1. The highest BCUT2D eigenvalue weighted by Gasteiger charge is 2.33. The Morgan fingerprint density at radius 3 is 2.42 bits per heavy atom. The second kappa shape index (κ2) is 12.7. The third kappa shape index (κ3) is 5.82. The van der Waals surface area contributed by atoms with E-state index in [2.05, 4.69) is 75.5 Å². The van der Waals surface area contributed by atoms with Gasteiger partial charge < -0.3 is 9.47 Å². The first kappa shape index (κ1) is 29.8. The molecule has 5 aromatic rings. The highest BCUT2D eigenvalue weighted by atomic mass is 127. The number of allylic oxidation sites excluding steroid dienone is 1. The summed E-state index contributed by atoms with van der Waals surface area (Å²) in [4.78, 5) is 32.2. The number of halogens is 2. The number of benzene rings is 4. The standard InChI is InChI=1S/C34H26I2N2O4S/c1-3-27-29(33(40)41-2)30(22-11-5-4-6-12-22)38-32(39)28(43-34(38)37-27)18-20-16-25(35)31(26(36)17-20)42-19-23-14-9-13-21-10-7-8-15-24(21)23/h4-18,30H,3,19H2,1-2H3/b28-18-/t30-/m0/s1. The van der Waals surface area contributed by atoms with Crippen LogP contribution in [0.1, 0.15) is 36.1 Å². The van der Waals surface area contributed by atoms with Crippen LogP contribution in [0.25, 0.3) is 16.8 Å². The number of thiazole rings is 1. The molecule has 0 aliphatic carbocycles. The smallest absolute Gasteiger partial charge is 0.338 e. The maximum atomic E-state index is 13.9. The first-order valence-electron chi connectivity index (χ1n) is 13.7. The Kier molecular flexibility index (Phi) is 8.83. The van der Waals surface area contributed by atoms with E-state index >= 15 is 0 Å². The Balaban J connectivity index is 1.38. The van der Waals surface area contributed by atoms with Crippen molar-refractivity contribution >= 4 is 79.3 Å². The van der Waals surface area contributed by atoms with E-state index in [1.807, 2.05) is 67.6 Å². The van der Waals surface area contributed by atoms with Gasteiger partial charge in [0.1, 0.15) is 12.4 Å². The van der Waals surface area contributed by atoms with Crippen molar-refractivity contribution in [3.8, 4) is 5.75 Å². The van der Waals surface area contributed by atoms with Gasteiger partial charge in [0, 0.05) is 0 Å². The van der Waals surface area contributed by atoms with E-state index in [1.54, 1.807) is 4.57 Å². The molecule has 0 radical (unpaired) electrons. The summed E-state index contributed by atoms with van der Waals surface area (Å²) in [5.74, 6) is 0.332. The van der Waals surface area contributed by atoms with Crippen molar-refractivity contribution in [1.29, 1.82) is 0 Å². The minimum Gasteiger partial charge on any atom is -0.487 e. The molecule has 43 heavy (non-hydrogen) atoms. The minimum atomic E-state index is -0.618. The number of rotatable bonds is 7. The molecule has 0 saturated carbocycles. The number of aromatic nitrogens is 1. The highest BCUT2D eigenvalue weighted by Crippen LogP contribution is 2.33. The Bertz CT molecular complexity index is 2060. The van der Waals surface area contributed by atoms with Crippen LogP contribution in [-0.2, 0) is 16.1 Å². The second-order valence-electron chi connectivity index (χ2n) is 9.94. The van der Waals surface area contributed by atoms with E-state index in [9.17, 15) is 9.59 Å². The lowest BCUT2D eigenvalue weighted by atomic mass is 9.95. The maximum Gasteiger partial charge on any atom is 0.338 e. The fourth-order valence-corrected chi connectivity index (χ4v) is 8.48. The molecule has 1 aliphatic rings. The van der Waals surface area contributed by atoms with E-state index in [0.717, 1.165) is 29.6 Å². The molecule has 0 saturated heterocycles. The van der Waals surface area contributed by atoms with Gasteiger partial charge in [0.15, 0.2) is 4.80 Å². The molecular weight excluding hydrogens is 786 g/mol. The minimum absolute atomic E-state index is 0.199. The molecule has 0 unspecified atom stereocenters. The average Bonchev–Trinajstić information content (AvgIpc) is 3.33. The topological polar surface area (TPSA) is 69.9 Å². The molecule has 4 aromatic carbocycles. The van der Waals surface area contributed by atoms with E-state index in [4.69, 9.17) is 14.5 Å². The Morgan fingerprint density at radius 2 is 1.70 bits per heavy atom. The van der Waals surface area contributed by atoms with Gasteiger partial charge in [0.05, 0.1) is 36.1 Å². The van der Waals surface area contributed by atoms with E-state index in [1.165, 1.54) is 29.2 Å². The molecule has 0 spiro atoms. The van der Waals surface area contributed by atoms with Crippen LogP contribution in [-0.4, -0.2) is 17.6 Å². The molecule has 0 bridgehead atoms. The maximum absolute atomic E-state index is 13.9. The lowest BCUT2D eigenvalue weighted by molar-refractivity contribution is -0.136. The van der Waals surface area contributed by atoms with Crippen molar-refractivity contribution in [2.75, 3.05) is 7.11 Å². The number of nitrogens with zero attached hydrogens (tertiary/aromatic N) is 2. The van der Waals surface area contributed by atoms with Gasteiger partial charge in [-0.2, -0.15) is 0 Å². The van der Waals surface area contributed by atoms with Crippen LogP contribution in [0, 0.1) is 7.14 Å². The first-order chi connectivity index (χ1) is 20.9. The zero-order chi connectivity index (χ0) is 30.1. The Morgan fingerprint density at radius 1 is 1.00 bits per heavy atom. The number of ether oxygens (including phenoxy) is 2. The molecule has 0 amide bonds. The third-order valence-electron chi connectivity index (χ3n) is 7.34. The normalized spacial score (nSPS) is 14.9. The fourth-order valence-electron chi connectivity index (χ4n) is 5.34. The van der Waals surface area contributed by atoms with Gasteiger partial charge in [-0.05, 0) is 97.3 Å². The lowest BCUT2D eigenvalue weighted by Gasteiger charge is -2.25. The van der Waals surface area contributed by atoms with Crippen LogP contribution in [0.5, 0.6) is 5.75 Å². The van der Waals surface area contributed by atoms with Crippen molar-refractivity contribution < 1.29 is 14.3 Å². The summed E-state index contributed by atoms with van der Waals surface area (Å²) in [6, 6.07) is 27.5. The van der Waals surface area contributed by atoms with Crippen molar-refractivity contribution in [3.63, 3.8) is 0 Å². The van der Waals surface area contributed by atoms with Crippen molar-refractivity contribution in [1.82, 2.24) is 4.57 Å². The summed E-state index contributed by atoms with van der Waals surface area (Å²) in [5, 5.41) is 2.36. The Labute approximate surface area is 279 Å². The summed E-state index contributed by atoms with van der Waals surface area (Å²) in [7, 11) is 1.36. The molecule has 6 rings (SSSR count). The molecule has 1 aliphatic heterocycles. The summed E-state index contributed by atoms with van der Waals surface area (Å²) in [5.41, 5.74) is 3.66. The van der Waals surface area contributed by atoms with E-state index in [-0.39, 0.29) is 5.56 Å². The van der Waals surface area contributed by atoms with Crippen LogP contribution in [0.2, 0.25) is 0 Å². The van der Waals surface area contributed by atoms with Gasteiger partial charge in [-0.25, -0.2) is 9.79 Å². The number of esters is 1. The summed E-state index contributed by atoms with van der Waals surface area (Å²) in [6.45, 7) is 2.40. The largest absolute Gasteiger partial charge is 0.487 e. The van der Waals surface area contributed by atoms with Gasteiger partial charge in [0.2, 0.25) is 0 Å². The first-order valence-corrected chi connectivity index (χ1v) is 16.6. The second-order valence-corrected chi connectivity index (χ2v) is 13.3. The number of carbonyl (C=O) groups excluding carboxylic acids is 1. The number of hydrogen-bond donors (Lipinski definition) is 0. The van der Waals surface area contributed by atoms with Gasteiger partial charge in [-0.1, -0.05) is 91.1 Å². The molecule has 0 N–H and O–H groups in total. The van der Waals surface area contributed by atoms with Crippen LogP contribution < -0.4 is 19.6 Å². The van der Waals surface area contributed by atoms with E-state index in [0.29, 0.717) is 33.6 Å². The Hall–Kier alpha value is -3.29. The predicted octanol–water partition coefficient (Wildman–Crippen LogP) is 6.74. The van der Waals surface area contributed by atoms with Crippen LogP contribution in [0.3, 0.4) is 0 Å². The quantitative estimate of drug-likeness (QED) is 0.135. The summed E-state index contributed by atoms with van der Waals surface area (Å²) in [6.07, 6.45) is 2.42. The lowest BCUT2D eigenvalue weighted by Crippen LogP contribution is -2.40. The molecule has 1 atom stereocenters. The van der Waals surface area contributed by atoms with Crippen LogP contribution in [0.4, 0.5) is 0 Å². The monoisotopic (exact) mass is 812 g/mol. The number of carbonyl (C=O) groups is 1.